The average molecular weight is 372 g/mol. The minimum atomic E-state index is 0.454. The lowest BCUT2D eigenvalue weighted by molar-refractivity contribution is 0.555. The summed E-state index contributed by atoms with van der Waals surface area (Å²) in [6.45, 7) is 2.05. The van der Waals surface area contributed by atoms with Crippen molar-refractivity contribution in [2.75, 3.05) is 7.05 Å². The molecule has 0 aliphatic heterocycles. The van der Waals surface area contributed by atoms with E-state index < -0.39 is 0 Å². The number of aromatic nitrogens is 1. The van der Waals surface area contributed by atoms with Crippen LogP contribution < -0.4 is 5.32 Å². The first kappa shape index (κ1) is 14.0. The van der Waals surface area contributed by atoms with Crippen LogP contribution >= 0.6 is 33.9 Å². The number of hydrogen-bond acceptors (Lipinski definition) is 3. The highest BCUT2D eigenvalue weighted by molar-refractivity contribution is 14.1. The molecule has 1 aromatic heterocycles. The molecular weight excluding hydrogens is 355 g/mol. The molecule has 0 aliphatic carbocycles. The molecule has 0 aliphatic rings. The number of rotatable bonds is 5. The second-order valence-corrected chi connectivity index (χ2v) is 6.59. The molecule has 2 aromatic rings. The first-order valence-corrected chi connectivity index (χ1v) is 7.96. The molecular formula is C14H17IN2S. The van der Waals surface area contributed by atoms with Crippen LogP contribution in [0.25, 0.3) is 0 Å². The summed E-state index contributed by atoms with van der Waals surface area (Å²) in [6.07, 6.45) is 2.05. The maximum Gasteiger partial charge on any atom is 0.0943 e. The highest BCUT2D eigenvalue weighted by Gasteiger charge is 2.10. The van der Waals surface area contributed by atoms with Crippen molar-refractivity contribution >= 4 is 33.9 Å². The van der Waals surface area contributed by atoms with E-state index in [1.54, 1.807) is 11.3 Å². The molecule has 4 heteroatoms. The van der Waals surface area contributed by atoms with E-state index >= 15 is 0 Å². The molecule has 0 bridgehead atoms. The monoisotopic (exact) mass is 372 g/mol. The summed E-state index contributed by atoms with van der Waals surface area (Å²) in [5.41, 5.74) is 2.50. The molecule has 1 unspecified atom stereocenters. The van der Waals surface area contributed by atoms with Gasteiger partial charge in [-0.05, 0) is 60.7 Å². The summed E-state index contributed by atoms with van der Waals surface area (Å²) in [5.74, 6) is 0. The standard InChI is InChI=1S/C14H17IN2S/c1-10-9-18-14(17-10)8-13(16-2)7-11-3-5-12(15)6-4-11/h3-6,9,13,16H,7-8H2,1-2H3. The van der Waals surface area contributed by atoms with Gasteiger partial charge in [0.2, 0.25) is 0 Å². The fourth-order valence-electron chi connectivity index (χ4n) is 1.89. The zero-order chi connectivity index (χ0) is 13.0. The highest BCUT2D eigenvalue weighted by Crippen LogP contribution is 2.14. The number of nitrogens with one attached hydrogen (secondary N) is 1. The average Bonchev–Trinajstić information content (AvgIpc) is 2.77. The van der Waals surface area contributed by atoms with Crippen molar-refractivity contribution in [3.63, 3.8) is 0 Å². The van der Waals surface area contributed by atoms with Crippen LogP contribution in [0, 0.1) is 10.5 Å². The van der Waals surface area contributed by atoms with Gasteiger partial charge in [0.15, 0.2) is 0 Å². The number of benzene rings is 1. The van der Waals surface area contributed by atoms with E-state index in [9.17, 15) is 0 Å². The Kier molecular flexibility index (Phi) is 5.14. The number of hydrogen-bond donors (Lipinski definition) is 1. The Morgan fingerprint density at radius 2 is 2.00 bits per heavy atom. The SMILES string of the molecule is CNC(Cc1ccc(I)cc1)Cc1nc(C)cs1. The van der Waals surface area contributed by atoms with Gasteiger partial charge in [0.1, 0.15) is 0 Å². The van der Waals surface area contributed by atoms with Gasteiger partial charge in [-0.2, -0.15) is 0 Å². The van der Waals surface area contributed by atoms with E-state index in [0.29, 0.717) is 6.04 Å². The lowest BCUT2D eigenvalue weighted by Gasteiger charge is -2.14. The van der Waals surface area contributed by atoms with Crippen LogP contribution in [0.4, 0.5) is 0 Å². The fourth-order valence-corrected chi connectivity index (χ4v) is 3.10. The second kappa shape index (κ2) is 6.63. The molecule has 1 heterocycles. The molecule has 1 aromatic carbocycles. The van der Waals surface area contributed by atoms with Gasteiger partial charge in [-0.15, -0.1) is 11.3 Å². The predicted octanol–water partition coefficient (Wildman–Crippen LogP) is 3.43. The van der Waals surface area contributed by atoms with Crippen molar-refractivity contribution < 1.29 is 0 Å². The summed E-state index contributed by atoms with van der Waals surface area (Å²) in [4.78, 5) is 4.53. The minimum Gasteiger partial charge on any atom is -0.316 e. The third kappa shape index (κ3) is 4.03. The van der Waals surface area contributed by atoms with Crippen molar-refractivity contribution in [1.29, 1.82) is 0 Å². The number of aryl methyl sites for hydroxylation is 1. The van der Waals surface area contributed by atoms with Gasteiger partial charge >= 0.3 is 0 Å². The van der Waals surface area contributed by atoms with Crippen molar-refractivity contribution in [2.45, 2.75) is 25.8 Å². The van der Waals surface area contributed by atoms with Crippen LogP contribution in [0.5, 0.6) is 0 Å². The number of likely N-dealkylation sites (N-methyl/N-ethyl adjacent to an activating group) is 1. The number of halogens is 1. The Labute approximate surface area is 126 Å². The fraction of sp³-hybridized carbons (Fsp3) is 0.357. The normalized spacial score (nSPS) is 12.6. The minimum absolute atomic E-state index is 0.454. The van der Waals surface area contributed by atoms with E-state index in [0.717, 1.165) is 18.5 Å². The Bertz CT molecular complexity index is 493. The van der Waals surface area contributed by atoms with Gasteiger partial charge in [-0.25, -0.2) is 4.98 Å². The van der Waals surface area contributed by atoms with Gasteiger partial charge < -0.3 is 5.32 Å². The van der Waals surface area contributed by atoms with E-state index in [1.807, 2.05) is 14.0 Å². The Morgan fingerprint density at radius 1 is 1.28 bits per heavy atom. The van der Waals surface area contributed by atoms with Gasteiger partial charge in [-0.1, -0.05) is 12.1 Å². The van der Waals surface area contributed by atoms with Gasteiger partial charge in [0.25, 0.3) is 0 Å². The highest BCUT2D eigenvalue weighted by atomic mass is 127. The summed E-state index contributed by atoms with van der Waals surface area (Å²) in [6, 6.07) is 9.20. The van der Waals surface area contributed by atoms with Crippen LogP contribution in [-0.2, 0) is 12.8 Å². The second-order valence-electron chi connectivity index (χ2n) is 4.40. The van der Waals surface area contributed by atoms with E-state index in [2.05, 4.69) is 62.5 Å². The van der Waals surface area contributed by atoms with E-state index in [-0.39, 0.29) is 0 Å². The molecule has 0 spiro atoms. The lowest BCUT2D eigenvalue weighted by atomic mass is 10.0. The summed E-state index contributed by atoms with van der Waals surface area (Å²) in [7, 11) is 2.03. The molecule has 0 saturated heterocycles. The molecule has 2 nitrogen and oxygen atoms in total. The van der Waals surface area contributed by atoms with Crippen LogP contribution in [0.15, 0.2) is 29.6 Å². The molecule has 96 valence electrons. The van der Waals surface area contributed by atoms with Crippen LogP contribution in [0.3, 0.4) is 0 Å². The maximum atomic E-state index is 4.53. The smallest absolute Gasteiger partial charge is 0.0943 e. The third-order valence-corrected chi connectivity index (χ3v) is 4.60. The largest absolute Gasteiger partial charge is 0.316 e. The molecule has 0 amide bonds. The maximum absolute atomic E-state index is 4.53. The molecule has 2 rings (SSSR count). The zero-order valence-electron chi connectivity index (χ0n) is 10.6. The Balaban J connectivity index is 1.99. The molecule has 0 saturated carbocycles. The van der Waals surface area contributed by atoms with E-state index in [4.69, 9.17) is 0 Å². The quantitative estimate of drug-likeness (QED) is 0.814. The molecule has 0 radical (unpaired) electrons. The summed E-state index contributed by atoms with van der Waals surface area (Å²) in [5, 5.41) is 6.73. The van der Waals surface area contributed by atoms with Crippen LogP contribution in [0.1, 0.15) is 16.3 Å². The third-order valence-electron chi connectivity index (χ3n) is 2.89. The lowest BCUT2D eigenvalue weighted by Crippen LogP contribution is -2.29. The Hall–Kier alpha value is -0.460. The molecule has 0 fully saturated rings. The molecule has 1 N–H and O–H groups in total. The number of thiazole rings is 1. The first-order valence-electron chi connectivity index (χ1n) is 6.00. The Morgan fingerprint density at radius 3 is 2.56 bits per heavy atom. The molecule has 1 atom stereocenters. The van der Waals surface area contributed by atoms with Gasteiger partial charge in [0, 0.05) is 27.1 Å². The van der Waals surface area contributed by atoms with Crippen molar-refractivity contribution in [1.82, 2.24) is 10.3 Å². The molecule has 18 heavy (non-hydrogen) atoms. The van der Waals surface area contributed by atoms with Crippen LogP contribution in [-0.4, -0.2) is 18.1 Å². The predicted molar refractivity (Wildman–Crippen MR) is 86.3 cm³/mol. The van der Waals surface area contributed by atoms with E-state index in [1.165, 1.54) is 14.1 Å². The van der Waals surface area contributed by atoms with Crippen molar-refractivity contribution in [3.8, 4) is 0 Å². The number of nitrogens with zero attached hydrogens (tertiary/aromatic N) is 1. The topological polar surface area (TPSA) is 24.9 Å². The summed E-state index contributed by atoms with van der Waals surface area (Å²) >= 11 is 4.09. The zero-order valence-corrected chi connectivity index (χ0v) is 13.6. The van der Waals surface area contributed by atoms with Crippen molar-refractivity contribution in [3.05, 3.63) is 49.5 Å². The van der Waals surface area contributed by atoms with Crippen LogP contribution in [0.2, 0.25) is 0 Å². The first-order chi connectivity index (χ1) is 8.67. The summed E-state index contributed by atoms with van der Waals surface area (Å²) < 4.78 is 1.29. The van der Waals surface area contributed by atoms with Gasteiger partial charge in [-0.3, -0.25) is 0 Å². The van der Waals surface area contributed by atoms with Crippen molar-refractivity contribution in [2.24, 2.45) is 0 Å². The van der Waals surface area contributed by atoms with Gasteiger partial charge in [0.05, 0.1) is 5.01 Å².